The zero-order valence-electron chi connectivity index (χ0n) is 14.0. The smallest absolute Gasteiger partial charge is 0.318 e. The minimum absolute atomic E-state index is 0.0490. The van der Waals surface area contributed by atoms with Crippen LogP contribution in [0.4, 0.5) is 4.79 Å². The van der Waals surface area contributed by atoms with Crippen LogP contribution in [0.2, 0.25) is 0 Å². The van der Waals surface area contributed by atoms with Gasteiger partial charge in [-0.15, -0.1) is 10.2 Å². The quantitative estimate of drug-likeness (QED) is 0.943. The third-order valence-electron chi connectivity index (χ3n) is 5.08. The third kappa shape index (κ3) is 2.77. The minimum Gasteiger partial charge on any atom is -0.331 e. The summed E-state index contributed by atoms with van der Waals surface area (Å²) in [5.74, 6) is 1.92. The van der Waals surface area contributed by atoms with Gasteiger partial charge in [0.05, 0.1) is 12.6 Å². The number of carbonyl (C=O) groups excluding carboxylic acids is 1. The maximum atomic E-state index is 12.6. The van der Waals surface area contributed by atoms with Crippen LogP contribution in [0.3, 0.4) is 0 Å². The maximum Gasteiger partial charge on any atom is 0.318 e. The van der Waals surface area contributed by atoms with Gasteiger partial charge in [-0.25, -0.2) is 4.79 Å². The van der Waals surface area contributed by atoms with Crippen LogP contribution in [0.15, 0.2) is 24.3 Å². The molecule has 2 heterocycles. The molecule has 0 radical (unpaired) electrons. The van der Waals surface area contributed by atoms with E-state index in [0.29, 0.717) is 6.54 Å². The molecular formula is C18H23N5O. The van der Waals surface area contributed by atoms with Crippen molar-refractivity contribution in [2.75, 3.05) is 7.05 Å². The summed E-state index contributed by atoms with van der Waals surface area (Å²) in [5, 5.41) is 11.6. The number of amides is 2. The molecule has 1 aromatic heterocycles. The van der Waals surface area contributed by atoms with Gasteiger partial charge < -0.3 is 14.8 Å². The highest BCUT2D eigenvalue weighted by Gasteiger charge is 2.24. The largest absolute Gasteiger partial charge is 0.331 e. The monoisotopic (exact) mass is 325 g/mol. The lowest BCUT2D eigenvalue weighted by Crippen LogP contribution is -2.40. The van der Waals surface area contributed by atoms with Gasteiger partial charge in [-0.3, -0.25) is 0 Å². The first-order valence-electron chi connectivity index (χ1n) is 8.73. The van der Waals surface area contributed by atoms with E-state index in [1.54, 1.807) is 4.90 Å². The van der Waals surface area contributed by atoms with Crippen LogP contribution in [0.5, 0.6) is 0 Å². The molecule has 126 valence electrons. The summed E-state index contributed by atoms with van der Waals surface area (Å²) in [5.41, 5.74) is 2.61. The molecule has 0 unspecified atom stereocenters. The highest BCUT2D eigenvalue weighted by atomic mass is 16.2. The van der Waals surface area contributed by atoms with Crippen molar-refractivity contribution >= 4 is 6.03 Å². The molecule has 6 nitrogen and oxygen atoms in total. The highest BCUT2D eigenvalue weighted by Crippen LogP contribution is 2.29. The topological polar surface area (TPSA) is 63.1 Å². The Morgan fingerprint density at radius 3 is 3.08 bits per heavy atom. The van der Waals surface area contributed by atoms with Crippen LogP contribution in [0.1, 0.15) is 48.1 Å². The van der Waals surface area contributed by atoms with E-state index < -0.39 is 0 Å². The number of benzene rings is 1. The number of nitrogens with one attached hydrogen (secondary N) is 1. The fourth-order valence-corrected chi connectivity index (χ4v) is 3.77. The second-order valence-corrected chi connectivity index (χ2v) is 6.74. The van der Waals surface area contributed by atoms with Crippen molar-refractivity contribution in [2.45, 2.75) is 51.2 Å². The van der Waals surface area contributed by atoms with Crippen molar-refractivity contribution in [1.82, 2.24) is 25.0 Å². The number of carbonyl (C=O) groups is 1. The Labute approximate surface area is 141 Å². The summed E-state index contributed by atoms with van der Waals surface area (Å²) in [4.78, 5) is 14.3. The van der Waals surface area contributed by atoms with Crippen LogP contribution < -0.4 is 5.32 Å². The molecule has 0 spiro atoms. The Balaban J connectivity index is 1.43. The number of aromatic nitrogens is 3. The number of hydrogen-bond donors (Lipinski definition) is 1. The van der Waals surface area contributed by atoms with Gasteiger partial charge in [-0.2, -0.15) is 0 Å². The fraction of sp³-hybridized carbons (Fsp3) is 0.500. The summed E-state index contributed by atoms with van der Waals surface area (Å²) < 4.78 is 2.14. The van der Waals surface area contributed by atoms with E-state index in [0.717, 1.165) is 50.3 Å². The third-order valence-corrected chi connectivity index (χ3v) is 5.08. The molecule has 0 saturated carbocycles. The summed E-state index contributed by atoms with van der Waals surface area (Å²) in [6.45, 7) is 1.45. The zero-order valence-corrected chi connectivity index (χ0v) is 14.0. The fourth-order valence-electron chi connectivity index (χ4n) is 3.77. The maximum absolute atomic E-state index is 12.6. The van der Waals surface area contributed by atoms with Crippen molar-refractivity contribution in [2.24, 2.45) is 0 Å². The van der Waals surface area contributed by atoms with Crippen LogP contribution in [0, 0.1) is 0 Å². The molecule has 1 aliphatic carbocycles. The van der Waals surface area contributed by atoms with E-state index in [4.69, 9.17) is 0 Å². The summed E-state index contributed by atoms with van der Waals surface area (Å²) >= 11 is 0. The SMILES string of the molecule is CN(Cc1nnc2n1CCC2)C(=O)N[C@H]1CCCc2ccccc21. The number of aryl methyl sites for hydroxylation is 2. The van der Waals surface area contributed by atoms with E-state index in [2.05, 4.69) is 38.3 Å². The average Bonchev–Trinajstić information content (AvgIpc) is 3.20. The van der Waals surface area contributed by atoms with Crippen LogP contribution >= 0.6 is 0 Å². The zero-order chi connectivity index (χ0) is 16.5. The molecule has 2 aromatic rings. The second-order valence-electron chi connectivity index (χ2n) is 6.74. The molecule has 1 aliphatic heterocycles. The Hall–Kier alpha value is -2.37. The average molecular weight is 325 g/mol. The highest BCUT2D eigenvalue weighted by molar-refractivity contribution is 5.74. The van der Waals surface area contributed by atoms with Gasteiger partial charge in [0.15, 0.2) is 5.82 Å². The molecule has 24 heavy (non-hydrogen) atoms. The molecular weight excluding hydrogens is 302 g/mol. The molecule has 4 rings (SSSR count). The molecule has 0 bridgehead atoms. The number of nitrogens with zero attached hydrogens (tertiary/aromatic N) is 4. The van der Waals surface area contributed by atoms with Crippen LogP contribution in [0.25, 0.3) is 0 Å². The van der Waals surface area contributed by atoms with E-state index in [9.17, 15) is 4.79 Å². The Bertz CT molecular complexity index is 754. The number of fused-ring (bicyclic) bond motifs is 2. The minimum atomic E-state index is -0.0490. The van der Waals surface area contributed by atoms with E-state index >= 15 is 0 Å². The van der Waals surface area contributed by atoms with Gasteiger partial charge >= 0.3 is 6.03 Å². The van der Waals surface area contributed by atoms with Gasteiger partial charge in [-0.1, -0.05) is 24.3 Å². The summed E-state index contributed by atoms with van der Waals surface area (Å²) in [7, 11) is 1.82. The van der Waals surface area contributed by atoms with Crippen LogP contribution in [-0.2, 0) is 25.9 Å². The standard InChI is InChI=1S/C18H23N5O/c1-22(12-17-21-20-16-10-5-11-23(16)17)18(24)19-15-9-4-7-13-6-2-3-8-14(13)15/h2-3,6,8,15H,4-5,7,9-12H2,1H3,(H,19,24)/t15-/m0/s1. The van der Waals surface area contributed by atoms with Gasteiger partial charge in [0.2, 0.25) is 0 Å². The van der Waals surface area contributed by atoms with E-state index in [1.165, 1.54) is 11.1 Å². The summed E-state index contributed by atoms with van der Waals surface area (Å²) in [6, 6.07) is 8.47. The van der Waals surface area contributed by atoms with Crippen molar-refractivity contribution < 1.29 is 4.79 Å². The van der Waals surface area contributed by atoms with Gasteiger partial charge in [0, 0.05) is 20.0 Å². The van der Waals surface area contributed by atoms with Crippen molar-refractivity contribution in [3.63, 3.8) is 0 Å². The molecule has 0 fully saturated rings. The molecule has 1 atom stereocenters. The first kappa shape index (κ1) is 15.2. The van der Waals surface area contributed by atoms with Crippen LogP contribution in [-0.4, -0.2) is 32.7 Å². The Kier molecular flexibility index (Phi) is 3.96. The first-order valence-corrected chi connectivity index (χ1v) is 8.73. The lowest BCUT2D eigenvalue weighted by molar-refractivity contribution is 0.199. The predicted molar refractivity (Wildman–Crippen MR) is 90.5 cm³/mol. The molecule has 1 N–H and O–H groups in total. The Morgan fingerprint density at radius 1 is 1.29 bits per heavy atom. The number of rotatable bonds is 3. The first-order chi connectivity index (χ1) is 11.7. The van der Waals surface area contributed by atoms with E-state index in [1.807, 2.05) is 13.1 Å². The summed E-state index contributed by atoms with van der Waals surface area (Å²) in [6.07, 6.45) is 5.32. The Morgan fingerprint density at radius 2 is 2.17 bits per heavy atom. The van der Waals surface area contributed by atoms with Gasteiger partial charge in [0.25, 0.3) is 0 Å². The van der Waals surface area contributed by atoms with Crippen molar-refractivity contribution in [1.29, 1.82) is 0 Å². The molecule has 0 saturated heterocycles. The van der Waals surface area contributed by atoms with Crippen molar-refractivity contribution in [3.05, 3.63) is 47.0 Å². The molecule has 6 heteroatoms. The lowest BCUT2D eigenvalue weighted by atomic mass is 9.88. The van der Waals surface area contributed by atoms with Crippen molar-refractivity contribution in [3.8, 4) is 0 Å². The van der Waals surface area contributed by atoms with Gasteiger partial charge in [0.1, 0.15) is 5.82 Å². The lowest BCUT2D eigenvalue weighted by Gasteiger charge is -2.28. The van der Waals surface area contributed by atoms with Gasteiger partial charge in [-0.05, 0) is 36.8 Å². The predicted octanol–water partition coefficient (Wildman–Crippen LogP) is 2.44. The molecule has 2 amide bonds. The molecule has 1 aromatic carbocycles. The number of hydrogen-bond acceptors (Lipinski definition) is 3. The van der Waals surface area contributed by atoms with E-state index in [-0.39, 0.29) is 12.1 Å². The number of urea groups is 1. The molecule has 2 aliphatic rings. The second kappa shape index (κ2) is 6.26. The normalized spacial score (nSPS) is 18.8.